The summed E-state index contributed by atoms with van der Waals surface area (Å²) in [7, 11) is 1.64. The second-order valence-electron chi connectivity index (χ2n) is 8.14. The molecule has 0 saturated heterocycles. The highest BCUT2D eigenvalue weighted by Gasteiger charge is 2.19. The smallest absolute Gasteiger partial charge is 0.261 e. The Morgan fingerprint density at radius 1 is 1.03 bits per heavy atom. The van der Waals surface area contributed by atoms with Crippen LogP contribution in [0.15, 0.2) is 71.8 Å². The molecule has 0 amide bonds. The van der Waals surface area contributed by atoms with Gasteiger partial charge in [-0.15, -0.1) is 0 Å². The van der Waals surface area contributed by atoms with Gasteiger partial charge in [-0.3, -0.25) is 4.79 Å². The minimum absolute atomic E-state index is 0.133. The molecule has 2 aromatic carbocycles. The van der Waals surface area contributed by atoms with Crippen LogP contribution in [-0.2, 0) is 17.9 Å². The molecule has 0 fully saturated rings. The minimum Gasteiger partial charge on any atom is -0.486 e. The van der Waals surface area contributed by atoms with E-state index in [1.807, 2.05) is 54.6 Å². The summed E-state index contributed by atoms with van der Waals surface area (Å²) in [6.45, 7) is 1.82. The zero-order chi connectivity index (χ0) is 23.1. The maximum atomic E-state index is 13.4. The molecule has 0 atom stereocenters. The number of methoxy groups -OCH3 is 1. The molecule has 4 heterocycles. The molecule has 8 heteroatoms. The van der Waals surface area contributed by atoms with Gasteiger partial charge in [0, 0.05) is 19.5 Å². The fourth-order valence-corrected chi connectivity index (χ4v) is 4.40. The standard InChI is InChI=1S/C26H22N4O4/c1-32-16-20-24(18-5-3-2-4-6-18)25-27-14-19-21(30(25)28-20)9-10-29(26(19)31)15-17-7-8-22-23(13-17)34-12-11-33-22/h2-10,13-14H,11-12,15-16H2,1H3. The summed E-state index contributed by atoms with van der Waals surface area (Å²) in [5, 5.41) is 5.26. The molecule has 0 unspecified atom stereocenters. The van der Waals surface area contributed by atoms with Gasteiger partial charge in [-0.2, -0.15) is 5.10 Å². The van der Waals surface area contributed by atoms with E-state index in [1.54, 1.807) is 28.6 Å². The molecule has 6 rings (SSSR count). The molecule has 5 aromatic rings. The molecule has 170 valence electrons. The number of benzene rings is 2. The Balaban J connectivity index is 1.45. The van der Waals surface area contributed by atoms with Crippen molar-refractivity contribution in [2.45, 2.75) is 13.2 Å². The summed E-state index contributed by atoms with van der Waals surface area (Å²) in [5.74, 6) is 1.43. The third-order valence-electron chi connectivity index (χ3n) is 5.96. The number of ether oxygens (including phenoxy) is 3. The van der Waals surface area contributed by atoms with E-state index in [4.69, 9.17) is 19.3 Å². The minimum atomic E-state index is -0.133. The molecule has 1 aliphatic rings. The van der Waals surface area contributed by atoms with Crippen LogP contribution in [-0.4, -0.2) is 39.5 Å². The maximum Gasteiger partial charge on any atom is 0.261 e. The van der Waals surface area contributed by atoms with Crippen LogP contribution in [0.4, 0.5) is 0 Å². The van der Waals surface area contributed by atoms with Crippen molar-refractivity contribution in [1.29, 1.82) is 0 Å². The second-order valence-corrected chi connectivity index (χ2v) is 8.14. The van der Waals surface area contributed by atoms with Crippen LogP contribution in [0.25, 0.3) is 27.7 Å². The highest BCUT2D eigenvalue weighted by atomic mass is 16.6. The van der Waals surface area contributed by atoms with Crippen LogP contribution < -0.4 is 15.0 Å². The normalized spacial score (nSPS) is 13.0. The summed E-state index contributed by atoms with van der Waals surface area (Å²) < 4.78 is 20.1. The second kappa shape index (κ2) is 8.31. The van der Waals surface area contributed by atoms with E-state index in [1.165, 1.54) is 0 Å². The molecule has 0 saturated carbocycles. The van der Waals surface area contributed by atoms with Crippen molar-refractivity contribution in [2.24, 2.45) is 0 Å². The maximum absolute atomic E-state index is 13.4. The van der Waals surface area contributed by atoms with Gasteiger partial charge < -0.3 is 18.8 Å². The first kappa shape index (κ1) is 20.4. The average Bonchev–Trinajstić information content (AvgIpc) is 3.25. The molecular formula is C26H22N4O4. The zero-order valence-electron chi connectivity index (χ0n) is 18.6. The number of aromatic nitrogens is 4. The molecule has 0 radical (unpaired) electrons. The highest BCUT2D eigenvalue weighted by Crippen LogP contribution is 2.31. The first-order chi connectivity index (χ1) is 16.7. The molecule has 0 spiro atoms. The highest BCUT2D eigenvalue weighted by molar-refractivity contribution is 5.86. The third-order valence-corrected chi connectivity index (χ3v) is 5.96. The summed E-state index contributed by atoms with van der Waals surface area (Å²) >= 11 is 0. The lowest BCUT2D eigenvalue weighted by atomic mass is 10.1. The quantitative estimate of drug-likeness (QED) is 0.403. The van der Waals surface area contributed by atoms with E-state index in [9.17, 15) is 4.79 Å². The predicted molar refractivity (Wildman–Crippen MR) is 127 cm³/mol. The summed E-state index contributed by atoms with van der Waals surface area (Å²) in [6.07, 6.45) is 3.43. The fraction of sp³-hybridized carbons (Fsp3) is 0.192. The largest absolute Gasteiger partial charge is 0.486 e. The Labute approximate surface area is 195 Å². The van der Waals surface area contributed by atoms with E-state index in [0.29, 0.717) is 48.7 Å². The third kappa shape index (κ3) is 3.39. The first-order valence-corrected chi connectivity index (χ1v) is 11.1. The molecular weight excluding hydrogens is 432 g/mol. The Morgan fingerprint density at radius 3 is 2.68 bits per heavy atom. The van der Waals surface area contributed by atoms with E-state index in [0.717, 1.165) is 28.1 Å². The van der Waals surface area contributed by atoms with E-state index in [2.05, 4.69) is 4.98 Å². The number of pyridine rings is 1. The number of fused-ring (bicyclic) bond motifs is 4. The molecule has 0 bridgehead atoms. The van der Waals surface area contributed by atoms with Gasteiger partial charge in [-0.1, -0.05) is 36.4 Å². The monoisotopic (exact) mass is 454 g/mol. The molecule has 3 aromatic heterocycles. The Kier molecular flexibility index (Phi) is 5.00. The Bertz CT molecular complexity index is 1570. The van der Waals surface area contributed by atoms with Crippen LogP contribution in [0.3, 0.4) is 0 Å². The van der Waals surface area contributed by atoms with E-state index in [-0.39, 0.29) is 5.56 Å². The van der Waals surface area contributed by atoms with Crippen molar-refractivity contribution >= 4 is 16.6 Å². The molecule has 34 heavy (non-hydrogen) atoms. The van der Waals surface area contributed by atoms with Gasteiger partial charge in [0.25, 0.3) is 5.56 Å². The fourth-order valence-electron chi connectivity index (χ4n) is 4.40. The van der Waals surface area contributed by atoms with Gasteiger partial charge in [0.15, 0.2) is 17.1 Å². The van der Waals surface area contributed by atoms with Crippen molar-refractivity contribution in [3.63, 3.8) is 0 Å². The predicted octanol–water partition coefficient (Wildman–Crippen LogP) is 3.68. The number of hydrogen-bond donors (Lipinski definition) is 0. The van der Waals surface area contributed by atoms with Gasteiger partial charge in [0.05, 0.1) is 35.3 Å². The van der Waals surface area contributed by atoms with Gasteiger partial charge in [0.1, 0.15) is 13.2 Å². The van der Waals surface area contributed by atoms with Crippen LogP contribution in [0, 0.1) is 0 Å². The Hall–Kier alpha value is -4.17. The molecule has 1 aliphatic heterocycles. The number of rotatable bonds is 5. The van der Waals surface area contributed by atoms with E-state index < -0.39 is 0 Å². The van der Waals surface area contributed by atoms with Crippen molar-refractivity contribution in [2.75, 3.05) is 20.3 Å². The van der Waals surface area contributed by atoms with Crippen molar-refractivity contribution in [3.05, 3.63) is 88.6 Å². The first-order valence-electron chi connectivity index (χ1n) is 11.1. The van der Waals surface area contributed by atoms with Crippen LogP contribution in [0.5, 0.6) is 11.5 Å². The SMILES string of the molecule is COCc1nn2c(ncc3c(=O)n(Cc4ccc5c(c4)OCCO5)ccc32)c1-c1ccccc1. The summed E-state index contributed by atoms with van der Waals surface area (Å²) in [4.78, 5) is 18.0. The zero-order valence-corrected chi connectivity index (χ0v) is 18.6. The van der Waals surface area contributed by atoms with Gasteiger partial charge >= 0.3 is 0 Å². The lowest BCUT2D eigenvalue weighted by molar-refractivity contribution is 0.171. The molecule has 0 N–H and O–H groups in total. The summed E-state index contributed by atoms with van der Waals surface area (Å²) in [6, 6.07) is 17.6. The molecule has 8 nitrogen and oxygen atoms in total. The molecule has 0 aliphatic carbocycles. The Morgan fingerprint density at radius 2 is 1.85 bits per heavy atom. The van der Waals surface area contributed by atoms with Crippen LogP contribution >= 0.6 is 0 Å². The van der Waals surface area contributed by atoms with E-state index >= 15 is 0 Å². The van der Waals surface area contributed by atoms with Crippen molar-refractivity contribution in [1.82, 2.24) is 19.2 Å². The van der Waals surface area contributed by atoms with Crippen LogP contribution in [0.2, 0.25) is 0 Å². The van der Waals surface area contributed by atoms with Crippen molar-refractivity contribution in [3.8, 4) is 22.6 Å². The topological polar surface area (TPSA) is 79.9 Å². The van der Waals surface area contributed by atoms with Crippen molar-refractivity contribution < 1.29 is 14.2 Å². The van der Waals surface area contributed by atoms with Crippen LogP contribution in [0.1, 0.15) is 11.3 Å². The lowest BCUT2D eigenvalue weighted by Crippen LogP contribution is -2.21. The van der Waals surface area contributed by atoms with Gasteiger partial charge in [0.2, 0.25) is 0 Å². The lowest BCUT2D eigenvalue weighted by Gasteiger charge is -2.19. The summed E-state index contributed by atoms with van der Waals surface area (Å²) in [5.41, 5.74) is 4.89. The number of nitrogens with zero attached hydrogens (tertiary/aromatic N) is 4. The average molecular weight is 454 g/mol. The number of hydrogen-bond acceptors (Lipinski definition) is 6. The van der Waals surface area contributed by atoms with Gasteiger partial charge in [-0.25, -0.2) is 9.50 Å². The van der Waals surface area contributed by atoms with Gasteiger partial charge in [-0.05, 0) is 29.3 Å².